The van der Waals surface area contributed by atoms with Crippen LogP contribution in [0.15, 0.2) is 30.3 Å². The van der Waals surface area contributed by atoms with E-state index in [2.05, 4.69) is 17.0 Å². The molecule has 2 fully saturated rings. The second kappa shape index (κ2) is 8.85. The Kier molecular flexibility index (Phi) is 6.80. The lowest BCUT2D eigenvalue weighted by molar-refractivity contribution is -0.0942. The van der Waals surface area contributed by atoms with Crippen molar-refractivity contribution in [3.63, 3.8) is 0 Å². The molecule has 1 aromatic rings. The van der Waals surface area contributed by atoms with Crippen LogP contribution in [-0.2, 0) is 16.0 Å². The van der Waals surface area contributed by atoms with Crippen LogP contribution in [0, 0.1) is 5.92 Å². The molecule has 0 aliphatic carbocycles. The zero-order valence-corrected chi connectivity index (χ0v) is 19.3. The highest BCUT2D eigenvalue weighted by Gasteiger charge is 2.51. The Hall–Kier alpha value is -1.63. The molecule has 3 rings (SSSR count). The molecule has 6 heteroatoms. The maximum absolute atomic E-state index is 13.3. The number of aliphatic hydroxyl groups is 1. The van der Waals surface area contributed by atoms with Gasteiger partial charge in [0.2, 0.25) is 0 Å². The summed E-state index contributed by atoms with van der Waals surface area (Å²) in [6, 6.07) is 10.3. The van der Waals surface area contributed by atoms with E-state index >= 15 is 0 Å². The van der Waals surface area contributed by atoms with Crippen LogP contribution in [0.25, 0.3) is 0 Å². The standard InChI is InChI=1S/C24H38N2O4/c1-17(2)20(27)21(30-22(28)26-23(3,4)16-29-24(26,5)6)19-13-10-14-25(19)15-18-11-8-7-9-12-18/h7-9,11-12,17,19-21,27H,10,13-16H2,1-6H3/t19-,20-,21-/m0/s1. The molecule has 3 atom stereocenters. The third-order valence-electron chi connectivity index (χ3n) is 6.38. The number of carbonyl (C=O) groups is 1. The molecule has 168 valence electrons. The minimum Gasteiger partial charge on any atom is -0.442 e. The lowest BCUT2D eigenvalue weighted by atomic mass is 9.94. The number of amides is 1. The van der Waals surface area contributed by atoms with E-state index in [1.165, 1.54) is 5.56 Å². The van der Waals surface area contributed by atoms with Gasteiger partial charge in [-0.3, -0.25) is 9.80 Å². The molecule has 0 aromatic heterocycles. The summed E-state index contributed by atoms with van der Waals surface area (Å²) in [7, 11) is 0. The summed E-state index contributed by atoms with van der Waals surface area (Å²) in [6.45, 7) is 13.8. The molecule has 0 radical (unpaired) electrons. The molecule has 0 spiro atoms. The molecule has 6 nitrogen and oxygen atoms in total. The van der Waals surface area contributed by atoms with Gasteiger partial charge >= 0.3 is 6.09 Å². The zero-order valence-electron chi connectivity index (χ0n) is 19.3. The number of nitrogens with zero attached hydrogens (tertiary/aromatic N) is 2. The van der Waals surface area contributed by atoms with Crippen molar-refractivity contribution < 1.29 is 19.4 Å². The van der Waals surface area contributed by atoms with Crippen molar-refractivity contribution in [2.45, 2.75) is 90.4 Å². The normalized spacial score (nSPS) is 25.5. The molecule has 2 saturated heterocycles. The van der Waals surface area contributed by atoms with Gasteiger partial charge in [0.1, 0.15) is 11.8 Å². The maximum Gasteiger partial charge on any atom is 0.413 e. The van der Waals surface area contributed by atoms with Gasteiger partial charge in [-0.2, -0.15) is 0 Å². The Labute approximate surface area is 181 Å². The van der Waals surface area contributed by atoms with Gasteiger partial charge in [-0.1, -0.05) is 44.2 Å². The van der Waals surface area contributed by atoms with Crippen LogP contribution in [0.3, 0.4) is 0 Å². The molecule has 1 N–H and O–H groups in total. The molecule has 0 saturated carbocycles. The molecule has 1 aromatic carbocycles. The molecule has 2 aliphatic heterocycles. The largest absolute Gasteiger partial charge is 0.442 e. The lowest BCUT2D eigenvalue weighted by Gasteiger charge is -2.41. The second-order valence-electron chi connectivity index (χ2n) is 10.1. The van der Waals surface area contributed by atoms with E-state index in [1.807, 2.05) is 59.7 Å². The van der Waals surface area contributed by atoms with Crippen molar-refractivity contribution >= 4 is 6.09 Å². The van der Waals surface area contributed by atoms with Gasteiger partial charge in [0.25, 0.3) is 0 Å². The first kappa shape index (κ1) is 23.0. The molecule has 30 heavy (non-hydrogen) atoms. The number of benzene rings is 1. The summed E-state index contributed by atoms with van der Waals surface area (Å²) in [6.07, 6.45) is 0.192. The van der Waals surface area contributed by atoms with E-state index in [1.54, 1.807) is 4.90 Å². The second-order valence-corrected chi connectivity index (χ2v) is 10.1. The minimum absolute atomic E-state index is 0.0127. The van der Waals surface area contributed by atoms with Gasteiger partial charge in [0, 0.05) is 12.6 Å². The van der Waals surface area contributed by atoms with E-state index < -0.39 is 29.6 Å². The molecular formula is C24H38N2O4. The average molecular weight is 419 g/mol. The lowest BCUT2D eigenvalue weighted by Crippen LogP contribution is -2.56. The number of hydrogen-bond donors (Lipinski definition) is 1. The Morgan fingerprint density at radius 3 is 2.47 bits per heavy atom. The van der Waals surface area contributed by atoms with Crippen molar-refractivity contribution in [1.29, 1.82) is 0 Å². The maximum atomic E-state index is 13.3. The van der Waals surface area contributed by atoms with Crippen molar-refractivity contribution in [3.05, 3.63) is 35.9 Å². The van der Waals surface area contributed by atoms with Crippen LogP contribution in [0.4, 0.5) is 4.79 Å². The van der Waals surface area contributed by atoms with E-state index in [0.29, 0.717) is 6.61 Å². The SMILES string of the molecule is CC(C)[C@H](O)[C@@H](OC(=O)N1C(C)(C)COC1(C)C)[C@@H]1CCCN1Cc1ccccc1. The first-order valence-electron chi connectivity index (χ1n) is 11.1. The molecular weight excluding hydrogens is 380 g/mol. The molecule has 1 amide bonds. The third kappa shape index (κ3) is 4.82. The predicted octanol–water partition coefficient (Wildman–Crippen LogP) is 4.02. The average Bonchev–Trinajstić information content (AvgIpc) is 3.20. The summed E-state index contributed by atoms with van der Waals surface area (Å²) in [5.41, 5.74) is 0.0180. The highest BCUT2D eigenvalue weighted by atomic mass is 16.6. The summed E-state index contributed by atoms with van der Waals surface area (Å²) < 4.78 is 12.0. The molecule has 2 heterocycles. The molecule has 2 aliphatic rings. The fraction of sp³-hybridized carbons (Fsp3) is 0.708. The highest BCUT2D eigenvalue weighted by molar-refractivity contribution is 5.70. The fourth-order valence-corrected chi connectivity index (χ4v) is 4.84. The highest BCUT2D eigenvalue weighted by Crippen LogP contribution is 2.36. The van der Waals surface area contributed by atoms with Crippen molar-refractivity contribution in [1.82, 2.24) is 9.80 Å². The van der Waals surface area contributed by atoms with Gasteiger partial charge in [0.15, 0.2) is 0 Å². The van der Waals surface area contributed by atoms with Crippen LogP contribution < -0.4 is 0 Å². The van der Waals surface area contributed by atoms with Crippen LogP contribution in [-0.4, -0.2) is 63.7 Å². The smallest absolute Gasteiger partial charge is 0.413 e. The first-order valence-corrected chi connectivity index (χ1v) is 11.1. The minimum atomic E-state index is -0.743. The summed E-state index contributed by atoms with van der Waals surface area (Å²) >= 11 is 0. The fourth-order valence-electron chi connectivity index (χ4n) is 4.84. The van der Waals surface area contributed by atoms with Gasteiger partial charge in [-0.05, 0) is 58.6 Å². The van der Waals surface area contributed by atoms with Gasteiger partial charge < -0.3 is 14.6 Å². The third-order valence-corrected chi connectivity index (χ3v) is 6.38. The van der Waals surface area contributed by atoms with Crippen LogP contribution in [0.1, 0.15) is 59.9 Å². The number of rotatable bonds is 6. The summed E-state index contributed by atoms with van der Waals surface area (Å²) in [4.78, 5) is 17.3. The van der Waals surface area contributed by atoms with E-state index in [-0.39, 0.29) is 12.0 Å². The van der Waals surface area contributed by atoms with Crippen molar-refractivity contribution in [2.75, 3.05) is 13.2 Å². The first-order chi connectivity index (χ1) is 14.0. The monoisotopic (exact) mass is 418 g/mol. The number of carbonyl (C=O) groups excluding carboxylic acids is 1. The van der Waals surface area contributed by atoms with Crippen LogP contribution >= 0.6 is 0 Å². The van der Waals surface area contributed by atoms with E-state index in [0.717, 1.165) is 25.9 Å². The number of hydrogen-bond acceptors (Lipinski definition) is 5. The van der Waals surface area contributed by atoms with Gasteiger partial charge in [-0.25, -0.2) is 4.79 Å². The van der Waals surface area contributed by atoms with Gasteiger partial charge in [0.05, 0.1) is 18.2 Å². The predicted molar refractivity (Wildman–Crippen MR) is 117 cm³/mol. The van der Waals surface area contributed by atoms with E-state index in [9.17, 15) is 9.90 Å². The Bertz CT molecular complexity index is 703. The molecule has 0 unspecified atom stereocenters. The number of ether oxygens (including phenoxy) is 2. The number of aliphatic hydroxyl groups excluding tert-OH is 1. The topological polar surface area (TPSA) is 62.2 Å². The summed E-state index contributed by atoms with van der Waals surface area (Å²) in [5.74, 6) is -0.0159. The van der Waals surface area contributed by atoms with Crippen LogP contribution in [0.5, 0.6) is 0 Å². The summed E-state index contributed by atoms with van der Waals surface area (Å²) in [5, 5.41) is 11.0. The van der Waals surface area contributed by atoms with Crippen molar-refractivity contribution in [2.24, 2.45) is 5.92 Å². The van der Waals surface area contributed by atoms with Gasteiger partial charge in [-0.15, -0.1) is 0 Å². The molecule has 0 bridgehead atoms. The zero-order chi connectivity index (χ0) is 22.1. The Morgan fingerprint density at radius 1 is 1.23 bits per heavy atom. The Balaban J connectivity index is 1.81. The van der Waals surface area contributed by atoms with E-state index in [4.69, 9.17) is 9.47 Å². The Morgan fingerprint density at radius 2 is 1.90 bits per heavy atom. The van der Waals surface area contributed by atoms with Crippen LogP contribution in [0.2, 0.25) is 0 Å². The quantitative estimate of drug-likeness (QED) is 0.756. The number of likely N-dealkylation sites (tertiary alicyclic amines) is 1. The van der Waals surface area contributed by atoms with Crippen molar-refractivity contribution in [3.8, 4) is 0 Å².